The molecule has 1 heterocycles. The van der Waals surface area contributed by atoms with Crippen molar-refractivity contribution < 1.29 is 14.6 Å². The van der Waals surface area contributed by atoms with Crippen LogP contribution in [0.3, 0.4) is 0 Å². The molecule has 1 N–H and O–H groups in total. The first-order valence-corrected chi connectivity index (χ1v) is 9.75. The predicted octanol–water partition coefficient (Wildman–Crippen LogP) is 3.85. The molecule has 1 fully saturated rings. The minimum atomic E-state index is -0.835. The van der Waals surface area contributed by atoms with E-state index < -0.39 is 5.60 Å². The van der Waals surface area contributed by atoms with Crippen LogP contribution in [0.15, 0.2) is 17.0 Å². The Hall–Kier alpha value is -1.20. The zero-order valence-electron chi connectivity index (χ0n) is 14.9. The number of ether oxygens (including phenoxy) is 1. The van der Waals surface area contributed by atoms with E-state index in [2.05, 4.69) is 25.3 Å². The van der Waals surface area contributed by atoms with Crippen LogP contribution in [0.4, 0.5) is 0 Å². The molecule has 2 aliphatic rings. The number of aromatic nitrogens is 1. The lowest BCUT2D eigenvalue weighted by Gasteiger charge is -2.51. The van der Waals surface area contributed by atoms with Gasteiger partial charge in [0, 0.05) is 30.6 Å². The van der Waals surface area contributed by atoms with Gasteiger partial charge in [0.2, 0.25) is 0 Å². The molecule has 0 bridgehead atoms. The first-order chi connectivity index (χ1) is 11.3. The summed E-state index contributed by atoms with van der Waals surface area (Å²) >= 11 is 1.71. The summed E-state index contributed by atoms with van der Waals surface area (Å²) in [4.78, 5) is 16.2. The number of carbonyl (C=O) groups excluding carboxylic acids is 1. The molecule has 0 unspecified atom stereocenters. The first kappa shape index (κ1) is 17.6. The molecule has 1 aromatic rings. The zero-order chi connectivity index (χ0) is 17.5. The lowest BCUT2D eigenvalue weighted by Crippen LogP contribution is -2.54. The third kappa shape index (κ3) is 3.04. The second-order valence-corrected chi connectivity index (χ2v) is 8.28. The van der Waals surface area contributed by atoms with Gasteiger partial charge in [0.1, 0.15) is 6.10 Å². The summed E-state index contributed by atoms with van der Waals surface area (Å²) in [6.45, 7) is 7.66. The van der Waals surface area contributed by atoms with Gasteiger partial charge in [0.15, 0.2) is 0 Å². The van der Waals surface area contributed by atoms with Gasteiger partial charge in [-0.1, -0.05) is 19.9 Å². The molecule has 5 atom stereocenters. The maximum Gasteiger partial charge on any atom is 0.303 e. The minimum Gasteiger partial charge on any atom is -0.458 e. The zero-order valence-corrected chi connectivity index (χ0v) is 15.7. The summed E-state index contributed by atoms with van der Waals surface area (Å²) < 4.78 is 5.45. The molecule has 2 aliphatic carbocycles. The molecule has 0 aliphatic heterocycles. The van der Waals surface area contributed by atoms with Gasteiger partial charge in [-0.2, -0.15) is 0 Å². The monoisotopic (exact) mass is 349 g/mol. The van der Waals surface area contributed by atoms with E-state index >= 15 is 0 Å². The number of aryl methyl sites for hydroxylation is 1. The van der Waals surface area contributed by atoms with Crippen LogP contribution in [0, 0.1) is 11.8 Å². The van der Waals surface area contributed by atoms with Crippen molar-refractivity contribution in [2.75, 3.05) is 0 Å². The van der Waals surface area contributed by atoms with E-state index in [1.165, 1.54) is 6.92 Å². The molecule has 0 spiro atoms. The fraction of sp³-hybridized carbons (Fsp3) is 0.684. The number of rotatable bonds is 3. The molecule has 1 aromatic heterocycles. The Kier molecular flexibility index (Phi) is 4.85. The van der Waals surface area contributed by atoms with Crippen molar-refractivity contribution in [3.63, 3.8) is 0 Å². The second kappa shape index (κ2) is 6.60. The minimum absolute atomic E-state index is 0.0415. The van der Waals surface area contributed by atoms with Crippen LogP contribution in [0.2, 0.25) is 0 Å². The summed E-state index contributed by atoms with van der Waals surface area (Å²) in [6.07, 6.45) is 5.28. The Morgan fingerprint density at radius 3 is 2.88 bits per heavy atom. The van der Waals surface area contributed by atoms with Gasteiger partial charge < -0.3 is 9.84 Å². The summed E-state index contributed by atoms with van der Waals surface area (Å²) in [5.74, 6) is 0.184. The Morgan fingerprint density at radius 2 is 2.25 bits per heavy atom. The van der Waals surface area contributed by atoms with Gasteiger partial charge >= 0.3 is 5.97 Å². The predicted molar refractivity (Wildman–Crippen MR) is 95.0 cm³/mol. The number of esters is 1. The molecule has 4 nitrogen and oxygen atoms in total. The number of aliphatic hydroxyl groups is 1. The Labute approximate surface area is 147 Å². The maximum absolute atomic E-state index is 11.5. The molecular weight excluding hydrogens is 322 g/mol. The number of hydrogen-bond donors (Lipinski definition) is 1. The van der Waals surface area contributed by atoms with E-state index in [1.807, 2.05) is 6.92 Å². The summed E-state index contributed by atoms with van der Waals surface area (Å²) in [7, 11) is 0. The van der Waals surface area contributed by atoms with Gasteiger partial charge in [-0.25, -0.2) is 4.98 Å². The van der Waals surface area contributed by atoms with Gasteiger partial charge in [-0.3, -0.25) is 4.79 Å². The molecule has 0 saturated heterocycles. The third-order valence-electron chi connectivity index (χ3n) is 5.80. The number of nitrogens with zero attached hydrogens (tertiary/aromatic N) is 1. The summed E-state index contributed by atoms with van der Waals surface area (Å²) in [5.41, 5.74) is 1.32. The van der Waals surface area contributed by atoms with Crippen LogP contribution < -0.4 is 0 Å². The SMILES string of the molecule is CCc1nc([C@@H]2CC[C@@H](C)[C@]3(O)C[C@@H](OC(C)=O)C(C)=C[C@@H]23)cs1. The number of carbonyl (C=O) groups is 1. The van der Waals surface area contributed by atoms with Crippen molar-refractivity contribution in [3.8, 4) is 0 Å². The highest BCUT2D eigenvalue weighted by Crippen LogP contribution is 2.52. The quantitative estimate of drug-likeness (QED) is 0.665. The molecule has 1 saturated carbocycles. The van der Waals surface area contributed by atoms with Gasteiger partial charge in [0.05, 0.1) is 16.3 Å². The topological polar surface area (TPSA) is 59.4 Å². The smallest absolute Gasteiger partial charge is 0.303 e. The summed E-state index contributed by atoms with van der Waals surface area (Å²) in [6, 6.07) is 0. The Morgan fingerprint density at radius 1 is 1.50 bits per heavy atom. The van der Waals surface area contributed by atoms with Crippen LogP contribution >= 0.6 is 11.3 Å². The fourth-order valence-electron chi connectivity index (χ4n) is 4.31. The van der Waals surface area contributed by atoms with Crippen LogP contribution in [0.25, 0.3) is 0 Å². The molecule has 132 valence electrons. The normalized spacial score (nSPS) is 36.0. The molecule has 0 aromatic carbocycles. The van der Waals surface area contributed by atoms with Crippen LogP contribution in [0.5, 0.6) is 0 Å². The average Bonchev–Trinajstić information content (AvgIpc) is 2.99. The Bertz CT molecular complexity index is 653. The van der Waals surface area contributed by atoms with Gasteiger partial charge in [-0.15, -0.1) is 11.3 Å². The standard InChI is InChI=1S/C19H27NO3S/c1-5-18-20-16(10-24-18)14-7-6-12(3)19(22)9-17(23-13(4)21)11(2)8-15(14)19/h8,10,12,14-15,17,22H,5-7,9H2,1-4H3/t12-,14-,15+,17-,19-/m1/s1. The highest BCUT2D eigenvalue weighted by Gasteiger charge is 2.52. The van der Waals surface area contributed by atoms with Crippen molar-refractivity contribution >= 4 is 17.3 Å². The molecular formula is C19H27NO3S. The van der Waals surface area contributed by atoms with Crippen molar-refractivity contribution in [1.82, 2.24) is 4.98 Å². The highest BCUT2D eigenvalue weighted by molar-refractivity contribution is 7.09. The van der Waals surface area contributed by atoms with Crippen molar-refractivity contribution in [2.45, 2.75) is 71.0 Å². The summed E-state index contributed by atoms with van der Waals surface area (Å²) in [5, 5.41) is 14.8. The van der Waals surface area contributed by atoms with Crippen LogP contribution in [-0.4, -0.2) is 27.8 Å². The van der Waals surface area contributed by atoms with Crippen molar-refractivity contribution in [2.24, 2.45) is 11.8 Å². The molecule has 0 radical (unpaired) electrons. The fourth-order valence-corrected chi connectivity index (χ4v) is 5.12. The Balaban J connectivity index is 1.95. The lowest BCUT2D eigenvalue weighted by atomic mass is 9.58. The van der Waals surface area contributed by atoms with E-state index in [4.69, 9.17) is 9.72 Å². The van der Waals surface area contributed by atoms with Crippen LogP contribution in [0.1, 0.15) is 63.6 Å². The number of fused-ring (bicyclic) bond motifs is 1. The number of thiazole rings is 1. The maximum atomic E-state index is 11.5. The van der Waals surface area contributed by atoms with Crippen molar-refractivity contribution in [3.05, 3.63) is 27.7 Å². The molecule has 0 amide bonds. The average molecular weight is 349 g/mol. The van der Waals surface area contributed by atoms with Gasteiger partial charge in [-0.05, 0) is 37.7 Å². The van der Waals surface area contributed by atoms with Crippen molar-refractivity contribution in [1.29, 1.82) is 0 Å². The largest absolute Gasteiger partial charge is 0.458 e. The van der Waals surface area contributed by atoms with Gasteiger partial charge in [0.25, 0.3) is 0 Å². The third-order valence-corrected chi connectivity index (χ3v) is 6.81. The second-order valence-electron chi connectivity index (χ2n) is 7.33. The van der Waals surface area contributed by atoms with E-state index in [9.17, 15) is 9.90 Å². The number of hydrogen-bond acceptors (Lipinski definition) is 5. The molecule has 5 heteroatoms. The first-order valence-electron chi connectivity index (χ1n) is 8.87. The van der Waals surface area contributed by atoms with E-state index in [0.29, 0.717) is 6.42 Å². The molecule has 24 heavy (non-hydrogen) atoms. The van der Waals surface area contributed by atoms with E-state index in [-0.39, 0.29) is 29.8 Å². The van der Waals surface area contributed by atoms with Crippen LogP contribution in [-0.2, 0) is 16.0 Å². The van der Waals surface area contributed by atoms with E-state index in [1.54, 1.807) is 11.3 Å². The van der Waals surface area contributed by atoms with E-state index in [0.717, 1.165) is 35.5 Å². The lowest BCUT2D eigenvalue weighted by molar-refractivity contribution is -0.155. The highest BCUT2D eigenvalue weighted by atomic mass is 32.1. The molecule has 3 rings (SSSR count).